The van der Waals surface area contributed by atoms with Gasteiger partial charge in [0, 0.05) is 5.92 Å². The number of nitrogens with one attached hydrogen (secondary N) is 1. The second-order valence-electron chi connectivity index (χ2n) is 4.61. The molecule has 0 saturated carbocycles. The Hall–Kier alpha value is -2.46. The minimum Gasteiger partial charge on any atom is -0.497 e. The summed E-state index contributed by atoms with van der Waals surface area (Å²) in [4.78, 5) is 24.1. The smallest absolute Gasteiger partial charge is 0.319 e. The second kappa shape index (κ2) is 6.54. The first-order valence-corrected chi connectivity index (χ1v) is 6.84. The van der Waals surface area contributed by atoms with Gasteiger partial charge in [0.15, 0.2) is 0 Å². The number of esters is 1. The number of allylic oxidation sites excluding steroid dienone is 1. The lowest BCUT2D eigenvalue weighted by atomic mass is 9.78. The Balaban J connectivity index is 2.56. The average molecular weight is 318 g/mol. The van der Waals surface area contributed by atoms with Crippen LogP contribution in [0.2, 0.25) is 0 Å². The van der Waals surface area contributed by atoms with Crippen LogP contribution < -0.4 is 10.1 Å². The maximum atomic E-state index is 12.1. The van der Waals surface area contributed by atoms with Crippen LogP contribution in [0.5, 0.6) is 5.75 Å². The normalized spacial score (nSPS) is 20.9. The molecule has 1 N–H and O–H groups in total. The van der Waals surface area contributed by atoms with Gasteiger partial charge >= 0.3 is 5.97 Å². The lowest BCUT2D eigenvalue weighted by Gasteiger charge is -2.29. The minimum absolute atomic E-state index is 0.147. The van der Waals surface area contributed by atoms with Crippen molar-refractivity contribution in [2.75, 3.05) is 14.2 Å². The molecule has 1 aliphatic rings. The number of benzene rings is 1. The maximum absolute atomic E-state index is 12.1. The number of hydrogen-bond acceptors (Lipinski definition) is 6. The van der Waals surface area contributed by atoms with Crippen molar-refractivity contribution in [3.8, 4) is 11.8 Å². The molecular formula is C15H14N2O4S. The molecule has 0 aliphatic carbocycles. The fourth-order valence-electron chi connectivity index (χ4n) is 2.39. The van der Waals surface area contributed by atoms with E-state index < -0.39 is 23.7 Å². The topological polar surface area (TPSA) is 88.4 Å². The number of nitrogens with zero attached hydrogens (tertiary/aromatic N) is 1. The molecule has 1 aliphatic heterocycles. The van der Waals surface area contributed by atoms with E-state index in [-0.39, 0.29) is 10.6 Å². The van der Waals surface area contributed by atoms with Gasteiger partial charge in [-0.2, -0.15) is 5.26 Å². The summed E-state index contributed by atoms with van der Waals surface area (Å²) in [5, 5.41) is 11.9. The molecule has 1 aromatic rings. The van der Waals surface area contributed by atoms with E-state index >= 15 is 0 Å². The quantitative estimate of drug-likeness (QED) is 0.499. The zero-order valence-electron chi connectivity index (χ0n) is 12.0. The van der Waals surface area contributed by atoms with Crippen LogP contribution in [0.4, 0.5) is 0 Å². The van der Waals surface area contributed by atoms with Gasteiger partial charge in [0.25, 0.3) is 0 Å². The number of methoxy groups -OCH3 is 2. The lowest BCUT2D eigenvalue weighted by molar-refractivity contribution is -0.150. The number of hydrogen-bond donors (Lipinski definition) is 2. The fraction of sp³-hybridized carbons (Fsp3) is 0.267. The number of rotatable bonds is 3. The molecule has 0 bridgehead atoms. The molecule has 2 rings (SSSR count). The van der Waals surface area contributed by atoms with Crippen LogP contribution in [0.25, 0.3) is 0 Å². The van der Waals surface area contributed by atoms with E-state index in [1.165, 1.54) is 14.2 Å². The molecule has 0 radical (unpaired) electrons. The highest BCUT2D eigenvalue weighted by atomic mass is 32.1. The largest absolute Gasteiger partial charge is 0.497 e. The van der Waals surface area contributed by atoms with Crippen molar-refractivity contribution >= 4 is 24.5 Å². The summed E-state index contributed by atoms with van der Waals surface area (Å²) in [6.07, 6.45) is 0. The third-order valence-corrected chi connectivity index (χ3v) is 3.83. The van der Waals surface area contributed by atoms with Crippen LogP contribution in [-0.2, 0) is 14.3 Å². The molecule has 0 fully saturated rings. The van der Waals surface area contributed by atoms with Crippen molar-refractivity contribution in [2.45, 2.75) is 5.92 Å². The predicted molar refractivity (Wildman–Crippen MR) is 81.0 cm³/mol. The summed E-state index contributed by atoms with van der Waals surface area (Å²) in [6.45, 7) is 0. The maximum Gasteiger partial charge on any atom is 0.319 e. The third kappa shape index (κ3) is 2.78. The molecule has 7 heteroatoms. The van der Waals surface area contributed by atoms with E-state index in [1.54, 1.807) is 24.3 Å². The zero-order valence-corrected chi connectivity index (χ0v) is 12.9. The Bertz CT molecular complexity index is 676. The van der Waals surface area contributed by atoms with E-state index in [9.17, 15) is 14.9 Å². The highest BCUT2D eigenvalue weighted by Gasteiger charge is 2.43. The third-order valence-electron chi connectivity index (χ3n) is 3.47. The number of nitriles is 1. The summed E-state index contributed by atoms with van der Waals surface area (Å²) >= 11 is 4.13. The van der Waals surface area contributed by atoms with E-state index in [2.05, 4.69) is 17.9 Å². The van der Waals surface area contributed by atoms with Crippen molar-refractivity contribution in [3.63, 3.8) is 0 Å². The molecule has 1 heterocycles. The van der Waals surface area contributed by atoms with E-state index in [0.717, 1.165) is 0 Å². The van der Waals surface area contributed by atoms with E-state index in [4.69, 9.17) is 9.47 Å². The van der Waals surface area contributed by atoms with Gasteiger partial charge < -0.3 is 14.8 Å². The Morgan fingerprint density at radius 2 is 1.95 bits per heavy atom. The number of carbonyl (C=O) groups is 2. The van der Waals surface area contributed by atoms with Gasteiger partial charge in [-0.05, 0) is 17.7 Å². The highest BCUT2D eigenvalue weighted by Crippen LogP contribution is 2.38. The highest BCUT2D eigenvalue weighted by molar-refractivity contribution is 7.84. The van der Waals surface area contributed by atoms with Crippen LogP contribution in [0, 0.1) is 17.2 Å². The van der Waals surface area contributed by atoms with Gasteiger partial charge in [-0.1, -0.05) is 12.1 Å². The van der Waals surface area contributed by atoms with Crippen molar-refractivity contribution in [2.24, 2.45) is 5.92 Å². The summed E-state index contributed by atoms with van der Waals surface area (Å²) in [5.74, 6) is -2.50. The lowest BCUT2D eigenvalue weighted by Crippen LogP contribution is -2.43. The molecular weight excluding hydrogens is 304 g/mol. The number of amides is 1. The fourth-order valence-corrected chi connectivity index (χ4v) is 2.69. The van der Waals surface area contributed by atoms with E-state index in [1.807, 2.05) is 6.07 Å². The van der Waals surface area contributed by atoms with E-state index in [0.29, 0.717) is 11.3 Å². The molecule has 2 atom stereocenters. The van der Waals surface area contributed by atoms with Crippen LogP contribution in [0.3, 0.4) is 0 Å². The van der Waals surface area contributed by atoms with Gasteiger partial charge in [0.1, 0.15) is 11.7 Å². The predicted octanol–water partition coefficient (Wildman–Crippen LogP) is 1.36. The van der Waals surface area contributed by atoms with Gasteiger partial charge in [0.05, 0.1) is 30.9 Å². The minimum atomic E-state index is -1.14. The molecule has 0 saturated heterocycles. The number of ether oxygens (including phenoxy) is 2. The summed E-state index contributed by atoms with van der Waals surface area (Å²) in [6, 6.07) is 8.82. The van der Waals surface area contributed by atoms with Crippen molar-refractivity contribution < 1.29 is 19.1 Å². The summed E-state index contributed by atoms with van der Waals surface area (Å²) in [5.41, 5.74) is 0.845. The van der Waals surface area contributed by atoms with Gasteiger partial charge in [-0.15, -0.1) is 12.6 Å². The van der Waals surface area contributed by atoms with Gasteiger partial charge in [-0.3, -0.25) is 9.59 Å². The summed E-state index contributed by atoms with van der Waals surface area (Å²) < 4.78 is 9.79. The van der Waals surface area contributed by atoms with Crippen molar-refractivity contribution in [1.29, 1.82) is 5.26 Å². The first-order valence-electron chi connectivity index (χ1n) is 6.39. The Morgan fingerprint density at radius 1 is 1.32 bits per heavy atom. The number of thiol groups is 1. The van der Waals surface area contributed by atoms with Crippen molar-refractivity contribution in [3.05, 3.63) is 40.4 Å². The monoisotopic (exact) mass is 318 g/mol. The standard InChI is InChI=1S/C15H14N2O4S/c1-20-9-5-3-8(4-6-9)11-10(7-16)14(22)17-13(18)12(11)15(19)21-2/h3-6,11-12,22H,1-2H3,(H,17,18)/t11-,12-/m0/s1. The van der Waals surface area contributed by atoms with Crippen molar-refractivity contribution in [1.82, 2.24) is 5.32 Å². The first-order chi connectivity index (χ1) is 10.5. The zero-order chi connectivity index (χ0) is 16.3. The second-order valence-corrected chi connectivity index (χ2v) is 5.06. The molecule has 1 aromatic carbocycles. The van der Waals surface area contributed by atoms with Gasteiger partial charge in [0.2, 0.25) is 5.91 Å². The molecule has 22 heavy (non-hydrogen) atoms. The van der Waals surface area contributed by atoms with Crippen LogP contribution in [-0.4, -0.2) is 26.1 Å². The molecule has 0 aromatic heterocycles. The summed E-state index contributed by atoms with van der Waals surface area (Å²) in [7, 11) is 2.74. The molecule has 114 valence electrons. The van der Waals surface area contributed by atoms with Gasteiger partial charge in [-0.25, -0.2) is 0 Å². The Kier molecular flexibility index (Phi) is 4.73. The molecule has 0 unspecified atom stereocenters. The number of carbonyl (C=O) groups excluding carboxylic acids is 2. The molecule has 6 nitrogen and oxygen atoms in total. The average Bonchev–Trinajstić information content (AvgIpc) is 2.53. The molecule has 1 amide bonds. The van der Waals surface area contributed by atoms with Crippen LogP contribution in [0.1, 0.15) is 11.5 Å². The SMILES string of the molecule is COC(=O)[C@@H]1C(=O)NC(S)=C(C#N)[C@@H]1c1ccc(OC)cc1. The van der Waals surface area contributed by atoms with Crippen LogP contribution >= 0.6 is 12.6 Å². The Labute approximate surface area is 133 Å². The molecule has 0 spiro atoms. The van der Waals surface area contributed by atoms with Crippen LogP contribution in [0.15, 0.2) is 34.9 Å². The first kappa shape index (κ1) is 15.9. The Morgan fingerprint density at radius 3 is 2.45 bits per heavy atom.